The van der Waals surface area contributed by atoms with Gasteiger partial charge in [-0.3, -0.25) is 0 Å². The SMILES string of the molecule is C=CCCOCCNC1CCCC1CNC(=O)OC(C)(C)C. The smallest absolute Gasteiger partial charge is 0.407 e. The third kappa shape index (κ3) is 8.39. The van der Waals surface area contributed by atoms with Gasteiger partial charge in [-0.25, -0.2) is 4.79 Å². The number of hydrogen-bond acceptors (Lipinski definition) is 4. The van der Waals surface area contributed by atoms with Gasteiger partial charge in [0.25, 0.3) is 0 Å². The van der Waals surface area contributed by atoms with Crippen molar-refractivity contribution in [2.75, 3.05) is 26.3 Å². The molecule has 0 aromatic heterocycles. The molecule has 0 radical (unpaired) electrons. The van der Waals surface area contributed by atoms with Crippen LogP contribution in [0.15, 0.2) is 12.7 Å². The molecule has 0 aromatic carbocycles. The molecule has 1 fully saturated rings. The summed E-state index contributed by atoms with van der Waals surface area (Å²) in [6.45, 7) is 12.3. The molecule has 1 saturated carbocycles. The summed E-state index contributed by atoms with van der Waals surface area (Å²) in [6.07, 6.45) is 5.94. The molecule has 0 heterocycles. The molecule has 5 nitrogen and oxygen atoms in total. The Hall–Kier alpha value is -1.07. The highest BCUT2D eigenvalue weighted by Crippen LogP contribution is 2.25. The first kappa shape index (κ1) is 19.0. The average Bonchev–Trinajstić information content (AvgIpc) is 2.86. The first-order valence-corrected chi connectivity index (χ1v) is 8.31. The predicted octanol–water partition coefficient (Wildman–Crippen LogP) is 2.86. The zero-order valence-electron chi connectivity index (χ0n) is 14.3. The van der Waals surface area contributed by atoms with E-state index < -0.39 is 5.60 Å². The third-order valence-corrected chi connectivity index (χ3v) is 3.69. The van der Waals surface area contributed by atoms with Gasteiger partial charge in [0.15, 0.2) is 0 Å². The first-order chi connectivity index (χ1) is 10.4. The van der Waals surface area contributed by atoms with Crippen LogP contribution in [-0.2, 0) is 9.47 Å². The van der Waals surface area contributed by atoms with Gasteiger partial charge in [-0.1, -0.05) is 12.5 Å². The molecular weight excluding hydrogens is 280 g/mol. The Kier molecular flexibility index (Phi) is 8.49. The van der Waals surface area contributed by atoms with Crippen molar-refractivity contribution in [1.29, 1.82) is 0 Å². The van der Waals surface area contributed by atoms with Crippen molar-refractivity contribution < 1.29 is 14.3 Å². The van der Waals surface area contributed by atoms with Crippen molar-refractivity contribution in [1.82, 2.24) is 10.6 Å². The summed E-state index contributed by atoms with van der Waals surface area (Å²) in [5, 5.41) is 6.42. The Bertz CT molecular complexity index is 339. The Balaban J connectivity index is 2.17. The molecule has 0 aromatic rings. The number of carbonyl (C=O) groups is 1. The lowest BCUT2D eigenvalue weighted by Gasteiger charge is -2.23. The van der Waals surface area contributed by atoms with Crippen molar-refractivity contribution >= 4 is 6.09 Å². The largest absolute Gasteiger partial charge is 0.444 e. The number of carbonyl (C=O) groups excluding carboxylic acids is 1. The van der Waals surface area contributed by atoms with Gasteiger partial charge in [-0.2, -0.15) is 0 Å². The second kappa shape index (κ2) is 9.85. The normalized spacial score (nSPS) is 21.6. The van der Waals surface area contributed by atoms with Gasteiger partial charge in [0, 0.05) is 19.1 Å². The van der Waals surface area contributed by atoms with E-state index in [-0.39, 0.29) is 6.09 Å². The number of alkyl carbamates (subject to hydrolysis) is 1. The van der Waals surface area contributed by atoms with Gasteiger partial charge < -0.3 is 20.1 Å². The van der Waals surface area contributed by atoms with Gasteiger partial charge >= 0.3 is 6.09 Å². The highest BCUT2D eigenvalue weighted by atomic mass is 16.6. The summed E-state index contributed by atoms with van der Waals surface area (Å²) in [6, 6.07) is 0.456. The summed E-state index contributed by atoms with van der Waals surface area (Å²) in [7, 11) is 0. The average molecular weight is 312 g/mol. The topological polar surface area (TPSA) is 59.6 Å². The van der Waals surface area contributed by atoms with Crippen LogP contribution in [0.5, 0.6) is 0 Å². The fraction of sp³-hybridized carbons (Fsp3) is 0.824. The molecule has 1 aliphatic rings. The first-order valence-electron chi connectivity index (χ1n) is 8.31. The van der Waals surface area contributed by atoms with Crippen molar-refractivity contribution in [3.8, 4) is 0 Å². The van der Waals surface area contributed by atoms with E-state index >= 15 is 0 Å². The zero-order chi connectivity index (χ0) is 16.4. The second-order valence-corrected chi connectivity index (χ2v) is 6.82. The third-order valence-electron chi connectivity index (χ3n) is 3.69. The fourth-order valence-electron chi connectivity index (χ4n) is 2.66. The monoisotopic (exact) mass is 312 g/mol. The van der Waals surface area contributed by atoms with Crippen LogP contribution in [0.25, 0.3) is 0 Å². The van der Waals surface area contributed by atoms with Gasteiger partial charge in [-0.05, 0) is 46.0 Å². The van der Waals surface area contributed by atoms with Crippen LogP contribution in [0.4, 0.5) is 4.79 Å². The summed E-state index contributed by atoms with van der Waals surface area (Å²) < 4.78 is 10.8. The van der Waals surface area contributed by atoms with Crippen LogP contribution in [0.1, 0.15) is 46.5 Å². The van der Waals surface area contributed by atoms with Gasteiger partial charge in [-0.15, -0.1) is 6.58 Å². The molecule has 1 amide bonds. The van der Waals surface area contributed by atoms with Gasteiger partial charge in [0.1, 0.15) is 5.60 Å². The lowest BCUT2D eigenvalue weighted by atomic mass is 10.0. The predicted molar refractivity (Wildman–Crippen MR) is 89.0 cm³/mol. The molecule has 0 saturated heterocycles. The number of rotatable bonds is 9. The van der Waals surface area contributed by atoms with Gasteiger partial charge in [0.05, 0.1) is 13.2 Å². The van der Waals surface area contributed by atoms with E-state index in [0.717, 1.165) is 39.0 Å². The van der Waals surface area contributed by atoms with Crippen molar-refractivity contribution in [2.45, 2.75) is 58.1 Å². The van der Waals surface area contributed by atoms with Crippen molar-refractivity contribution in [3.63, 3.8) is 0 Å². The summed E-state index contributed by atoms with van der Waals surface area (Å²) in [5.74, 6) is 0.473. The highest BCUT2D eigenvalue weighted by molar-refractivity contribution is 5.67. The molecule has 2 atom stereocenters. The molecule has 22 heavy (non-hydrogen) atoms. The summed E-state index contributed by atoms with van der Waals surface area (Å²) in [4.78, 5) is 11.7. The van der Waals surface area contributed by atoms with Crippen LogP contribution in [-0.4, -0.2) is 44.0 Å². The quantitative estimate of drug-likeness (QED) is 0.508. The van der Waals surface area contributed by atoms with E-state index in [1.807, 2.05) is 26.8 Å². The maximum Gasteiger partial charge on any atom is 0.407 e. The van der Waals surface area contributed by atoms with Crippen LogP contribution in [0, 0.1) is 5.92 Å². The highest BCUT2D eigenvalue weighted by Gasteiger charge is 2.27. The molecule has 0 bridgehead atoms. The van der Waals surface area contributed by atoms with E-state index in [1.165, 1.54) is 6.42 Å². The molecule has 0 aliphatic heterocycles. The molecule has 2 N–H and O–H groups in total. The number of hydrogen-bond donors (Lipinski definition) is 2. The lowest BCUT2D eigenvalue weighted by Crippen LogP contribution is -2.41. The van der Waals surface area contributed by atoms with E-state index in [0.29, 0.717) is 18.5 Å². The maximum absolute atomic E-state index is 11.7. The number of nitrogens with one attached hydrogen (secondary N) is 2. The van der Waals surface area contributed by atoms with Crippen LogP contribution >= 0.6 is 0 Å². The summed E-state index contributed by atoms with van der Waals surface area (Å²) in [5.41, 5.74) is -0.444. The van der Waals surface area contributed by atoms with Crippen LogP contribution in [0.2, 0.25) is 0 Å². The Morgan fingerprint density at radius 2 is 2.09 bits per heavy atom. The van der Waals surface area contributed by atoms with E-state index in [9.17, 15) is 4.79 Å². The zero-order valence-corrected chi connectivity index (χ0v) is 14.3. The molecule has 2 unspecified atom stereocenters. The Morgan fingerprint density at radius 3 is 2.77 bits per heavy atom. The Labute approximate surface area is 134 Å². The molecule has 0 spiro atoms. The molecule has 1 rings (SSSR count). The standard InChI is InChI=1S/C17H32N2O3/c1-5-6-11-21-12-10-18-15-9-7-8-14(15)13-19-16(20)22-17(2,3)4/h5,14-15,18H,1,6-13H2,2-4H3,(H,19,20). The minimum absolute atomic E-state index is 0.328. The van der Waals surface area contributed by atoms with Gasteiger partial charge in [0.2, 0.25) is 0 Å². The minimum Gasteiger partial charge on any atom is -0.444 e. The number of ether oxygens (including phenoxy) is 2. The van der Waals surface area contributed by atoms with E-state index in [1.54, 1.807) is 0 Å². The molecular formula is C17H32N2O3. The lowest BCUT2D eigenvalue weighted by molar-refractivity contribution is 0.0517. The van der Waals surface area contributed by atoms with Crippen LogP contribution < -0.4 is 10.6 Å². The maximum atomic E-state index is 11.7. The second-order valence-electron chi connectivity index (χ2n) is 6.82. The molecule has 1 aliphatic carbocycles. The summed E-state index contributed by atoms with van der Waals surface area (Å²) >= 11 is 0. The van der Waals surface area contributed by atoms with Crippen molar-refractivity contribution in [3.05, 3.63) is 12.7 Å². The minimum atomic E-state index is -0.444. The van der Waals surface area contributed by atoms with Crippen LogP contribution in [0.3, 0.4) is 0 Å². The Morgan fingerprint density at radius 1 is 1.32 bits per heavy atom. The fourth-order valence-corrected chi connectivity index (χ4v) is 2.66. The van der Waals surface area contributed by atoms with Crippen molar-refractivity contribution in [2.24, 2.45) is 5.92 Å². The van der Waals surface area contributed by atoms with E-state index in [4.69, 9.17) is 9.47 Å². The number of amides is 1. The van der Waals surface area contributed by atoms with E-state index in [2.05, 4.69) is 17.2 Å². The molecule has 128 valence electrons. The molecule has 5 heteroatoms.